The minimum absolute atomic E-state index is 0.394. The zero-order chi connectivity index (χ0) is 20.1. The van der Waals surface area contributed by atoms with Crippen molar-refractivity contribution in [2.75, 3.05) is 0 Å². The van der Waals surface area contributed by atoms with Gasteiger partial charge in [0.15, 0.2) is 0 Å². The van der Waals surface area contributed by atoms with Crippen LogP contribution in [-0.2, 0) is 18.6 Å². The first-order chi connectivity index (χ1) is 11.2. The van der Waals surface area contributed by atoms with Crippen molar-refractivity contribution in [1.82, 2.24) is 0 Å². The Labute approximate surface area is 151 Å². The monoisotopic (exact) mass is 382 g/mol. The van der Waals surface area contributed by atoms with Crippen LogP contribution in [0.15, 0.2) is 0 Å². The van der Waals surface area contributed by atoms with Gasteiger partial charge in [-0.3, -0.25) is 9.32 Å². The van der Waals surface area contributed by atoms with Gasteiger partial charge >= 0.3 is 13.8 Å². The molecule has 0 fully saturated rings. The van der Waals surface area contributed by atoms with E-state index in [0.717, 1.165) is 12.8 Å². The van der Waals surface area contributed by atoms with Gasteiger partial charge in [-0.1, -0.05) is 40.5 Å². The molecule has 0 aromatic rings. The number of carboxylic acids is 1. The van der Waals surface area contributed by atoms with Crippen LogP contribution in [0.4, 0.5) is 0 Å². The molecule has 0 aliphatic heterocycles. The van der Waals surface area contributed by atoms with Gasteiger partial charge in [-0.15, -0.1) is 0 Å². The summed E-state index contributed by atoms with van der Waals surface area (Å²) < 4.78 is 22.3. The van der Waals surface area contributed by atoms with Crippen LogP contribution in [0.3, 0.4) is 0 Å². The van der Waals surface area contributed by atoms with Crippen molar-refractivity contribution >= 4 is 13.8 Å². The van der Waals surface area contributed by atoms with Crippen LogP contribution >= 0.6 is 7.82 Å². The summed E-state index contributed by atoms with van der Waals surface area (Å²) in [6.07, 6.45) is 1.13. The lowest BCUT2D eigenvalue weighted by Crippen LogP contribution is -2.47. The molecule has 0 spiro atoms. The second-order valence-electron chi connectivity index (χ2n) is 7.78. The molecule has 0 aliphatic carbocycles. The maximum Gasteiger partial charge on any atom is 0.469 e. The topological polar surface area (TPSA) is 113 Å². The molecule has 0 bridgehead atoms. The van der Waals surface area contributed by atoms with Crippen molar-refractivity contribution in [3.63, 3.8) is 0 Å². The number of hydrogen-bond donors (Lipinski definition) is 3. The Morgan fingerprint density at radius 1 is 1.04 bits per heavy atom. The van der Waals surface area contributed by atoms with Gasteiger partial charge in [-0.2, -0.15) is 0 Å². The SMILES string of the molecule is CCCC(OC(CCC)C(C)(C)C(C)OP(=O)(O)O)C(C)(C)C(=O)O. The Kier molecular flexibility index (Phi) is 9.29. The van der Waals surface area contributed by atoms with E-state index in [1.54, 1.807) is 20.8 Å². The van der Waals surface area contributed by atoms with Gasteiger partial charge in [-0.25, -0.2) is 4.57 Å². The predicted octanol–water partition coefficient (Wildman–Crippen LogP) is 3.98. The molecule has 0 radical (unpaired) electrons. The highest BCUT2D eigenvalue weighted by atomic mass is 31.2. The maximum absolute atomic E-state index is 11.6. The van der Waals surface area contributed by atoms with Gasteiger partial charge in [0, 0.05) is 5.41 Å². The van der Waals surface area contributed by atoms with E-state index in [4.69, 9.17) is 19.0 Å². The number of hydrogen-bond acceptors (Lipinski definition) is 4. The number of carbonyl (C=O) groups is 1. The second-order valence-corrected chi connectivity index (χ2v) is 8.97. The third kappa shape index (κ3) is 7.35. The fraction of sp³-hybridized carbons (Fsp3) is 0.941. The first kappa shape index (κ1) is 24.5. The summed E-state index contributed by atoms with van der Waals surface area (Å²) in [5.74, 6) is -0.932. The lowest BCUT2D eigenvalue weighted by Gasteiger charge is -2.43. The van der Waals surface area contributed by atoms with E-state index in [9.17, 15) is 14.5 Å². The molecule has 150 valence electrons. The summed E-state index contributed by atoms with van der Waals surface area (Å²) in [6, 6.07) is 0. The quantitative estimate of drug-likeness (QED) is 0.438. The second kappa shape index (κ2) is 9.47. The average molecular weight is 382 g/mol. The average Bonchev–Trinajstić information content (AvgIpc) is 2.43. The molecule has 3 atom stereocenters. The predicted molar refractivity (Wildman–Crippen MR) is 96.3 cm³/mol. The Morgan fingerprint density at radius 3 is 1.84 bits per heavy atom. The zero-order valence-corrected chi connectivity index (χ0v) is 17.4. The number of aliphatic carboxylic acids is 1. The van der Waals surface area contributed by atoms with Crippen LogP contribution in [0.5, 0.6) is 0 Å². The number of phosphoric acid groups is 1. The molecular formula is C17H35O7P. The molecule has 8 heteroatoms. The lowest BCUT2D eigenvalue weighted by atomic mass is 9.78. The lowest BCUT2D eigenvalue weighted by molar-refractivity contribution is -0.172. The summed E-state index contributed by atoms with van der Waals surface area (Å²) in [5, 5.41) is 9.54. The van der Waals surface area contributed by atoms with E-state index >= 15 is 0 Å². The molecule has 0 rings (SSSR count). The summed E-state index contributed by atoms with van der Waals surface area (Å²) in [4.78, 5) is 29.8. The smallest absolute Gasteiger partial charge is 0.469 e. The van der Waals surface area contributed by atoms with Gasteiger partial charge in [0.25, 0.3) is 0 Å². The molecule has 3 unspecified atom stereocenters. The van der Waals surface area contributed by atoms with Gasteiger partial charge in [0.1, 0.15) is 0 Å². The van der Waals surface area contributed by atoms with Gasteiger partial charge < -0.3 is 19.6 Å². The number of phosphoric ester groups is 1. The highest BCUT2D eigenvalue weighted by molar-refractivity contribution is 7.46. The third-order valence-corrected chi connectivity index (χ3v) is 5.55. The van der Waals surface area contributed by atoms with Crippen molar-refractivity contribution in [2.24, 2.45) is 10.8 Å². The molecular weight excluding hydrogens is 347 g/mol. The van der Waals surface area contributed by atoms with E-state index in [-0.39, 0.29) is 0 Å². The molecule has 3 N–H and O–H groups in total. The molecule has 7 nitrogen and oxygen atoms in total. The van der Waals surface area contributed by atoms with Crippen molar-refractivity contribution in [3.05, 3.63) is 0 Å². The summed E-state index contributed by atoms with van der Waals surface area (Å²) in [6.45, 7) is 12.5. The van der Waals surface area contributed by atoms with Crippen molar-refractivity contribution < 1.29 is 33.5 Å². The summed E-state index contributed by atoms with van der Waals surface area (Å²) >= 11 is 0. The van der Waals surface area contributed by atoms with Crippen molar-refractivity contribution in [3.8, 4) is 0 Å². The highest BCUT2D eigenvalue weighted by Crippen LogP contribution is 2.45. The molecule has 0 saturated heterocycles. The van der Waals surface area contributed by atoms with Crippen LogP contribution in [0.1, 0.15) is 74.1 Å². The van der Waals surface area contributed by atoms with Crippen molar-refractivity contribution in [2.45, 2.75) is 92.5 Å². The number of ether oxygens (including phenoxy) is 1. The Hall–Kier alpha value is -0.460. The summed E-state index contributed by atoms with van der Waals surface area (Å²) in [7, 11) is -4.62. The molecule has 0 saturated carbocycles. The molecule has 0 heterocycles. The minimum atomic E-state index is -4.62. The number of rotatable bonds is 12. The molecule has 0 aromatic carbocycles. The van der Waals surface area contributed by atoms with E-state index in [1.807, 2.05) is 27.7 Å². The van der Waals surface area contributed by atoms with E-state index in [0.29, 0.717) is 12.8 Å². The Balaban J connectivity index is 5.55. The summed E-state index contributed by atoms with van der Waals surface area (Å²) in [5.41, 5.74) is -1.77. The van der Waals surface area contributed by atoms with Crippen LogP contribution in [0, 0.1) is 10.8 Å². The molecule has 0 amide bonds. The molecule has 25 heavy (non-hydrogen) atoms. The first-order valence-electron chi connectivity index (χ1n) is 8.82. The number of carboxylic acid groups (broad SMARTS) is 1. The van der Waals surface area contributed by atoms with Crippen LogP contribution in [-0.4, -0.2) is 39.2 Å². The fourth-order valence-electron chi connectivity index (χ4n) is 2.68. The van der Waals surface area contributed by atoms with Crippen LogP contribution in [0.25, 0.3) is 0 Å². The van der Waals surface area contributed by atoms with E-state index in [1.165, 1.54) is 0 Å². The fourth-order valence-corrected chi connectivity index (χ4v) is 3.36. The Bertz CT molecular complexity index is 470. The van der Waals surface area contributed by atoms with Gasteiger partial charge in [-0.05, 0) is 33.6 Å². The largest absolute Gasteiger partial charge is 0.481 e. The van der Waals surface area contributed by atoms with Crippen molar-refractivity contribution in [1.29, 1.82) is 0 Å². The van der Waals surface area contributed by atoms with Gasteiger partial charge in [0.05, 0.1) is 23.7 Å². The first-order valence-corrected chi connectivity index (χ1v) is 10.4. The van der Waals surface area contributed by atoms with Gasteiger partial charge in [0.2, 0.25) is 0 Å². The van der Waals surface area contributed by atoms with E-state index < -0.39 is 42.9 Å². The van der Waals surface area contributed by atoms with Crippen LogP contribution < -0.4 is 0 Å². The standard InChI is InChI=1S/C17H35O7P/c1-8-10-13(16(4,5)12(3)24-25(20,21)22)23-14(11-9-2)17(6,7)15(18)19/h12-14H,8-11H2,1-7H3,(H,18,19)(H2,20,21,22). The van der Waals surface area contributed by atoms with E-state index in [2.05, 4.69) is 0 Å². The Morgan fingerprint density at radius 2 is 1.48 bits per heavy atom. The molecule has 0 aliphatic rings. The molecule has 0 aromatic heterocycles. The normalized spacial score (nSPS) is 17.2. The van der Waals surface area contributed by atoms with Crippen LogP contribution in [0.2, 0.25) is 0 Å². The minimum Gasteiger partial charge on any atom is -0.481 e. The highest BCUT2D eigenvalue weighted by Gasteiger charge is 2.44. The third-order valence-electron chi connectivity index (χ3n) is 4.96. The maximum atomic E-state index is 11.6. The zero-order valence-electron chi connectivity index (χ0n) is 16.5.